The molecular weight excluding hydrogens is 324 g/mol. The van der Waals surface area contributed by atoms with Crippen molar-refractivity contribution in [3.8, 4) is 29.0 Å². The number of H-pyrrole nitrogens is 1. The Morgan fingerprint density at radius 3 is 2.64 bits per heavy atom. The Balaban J connectivity index is 2.00. The molecule has 2 aromatic rings. The van der Waals surface area contributed by atoms with Gasteiger partial charge in [0.2, 0.25) is 0 Å². The lowest BCUT2D eigenvalue weighted by Gasteiger charge is -2.13. The summed E-state index contributed by atoms with van der Waals surface area (Å²) in [6, 6.07) is 10.5. The molecule has 3 rings (SSSR count). The fraction of sp³-hybridized carbons (Fsp3) is 0.235. The van der Waals surface area contributed by atoms with Crippen molar-refractivity contribution in [3.63, 3.8) is 0 Å². The van der Waals surface area contributed by atoms with Crippen molar-refractivity contribution < 1.29 is 14.2 Å². The number of nitrogens with one attached hydrogen (secondary N) is 1. The first-order valence-electron chi connectivity index (χ1n) is 7.46. The third-order valence-corrected chi connectivity index (χ3v) is 3.67. The number of ether oxygens (including phenoxy) is 3. The lowest BCUT2D eigenvalue weighted by Crippen LogP contribution is -2.18. The first kappa shape index (κ1) is 16.5. The smallest absolute Gasteiger partial charge is 0.268 e. The van der Waals surface area contributed by atoms with E-state index in [1.165, 1.54) is 0 Å². The molecular formula is C17H14N4O4. The van der Waals surface area contributed by atoms with Crippen molar-refractivity contribution >= 4 is 5.82 Å². The maximum atomic E-state index is 12.0. The van der Waals surface area contributed by atoms with E-state index in [0.717, 1.165) is 0 Å². The highest BCUT2D eigenvalue weighted by Gasteiger charge is 2.19. The van der Waals surface area contributed by atoms with E-state index < -0.39 is 11.8 Å². The summed E-state index contributed by atoms with van der Waals surface area (Å²) in [6.07, 6.45) is -0.428. The predicted molar refractivity (Wildman–Crippen MR) is 87.5 cm³/mol. The lowest BCUT2D eigenvalue weighted by molar-refractivity contribution is -0.0684. The summed E-state index contributed by atoms with van der Waals surface area (Å²) >= 11 is 0. The first-order chi connectivity index (χ1) is 12.1. The summed E-state index contributed by atoms with van der Waals surface area (Å²) in [5.74, 6) is 0.406. The van der Waals surface area contributed by atoms with Gasteiger partial charge in [-0.3, -0.25) is 4.79 Å². The Morgan fingerprint density at radius 1 is 1.24 bits per heavy atom. The van der Waals surface area contributed by atoms with Gasteiger partial charge in [0, 0.05) is 5.56 Å². The molecule has 0 bridgehead atoms. The molecule has 8 heteroatoms. The fourth-order valence-corrected chi connectivity index (χ4v) is 2.54. The number of rotatable bonds is 4. The van der Waals surface area contributed by atoms with Gasteiger partial charge in [0.25, 0.3) is 5.56 Å². The average Bonchev–Trinajstić information content (AvgIpc) is 3.13. The van der Waals surface area contributed by atoms with Crippen molar-refractivity contribution in [1.82, 2.24) is 4.98 Å². The summed E-state index contributed by atoms with van der Waals surface area (Å²) < 4.78 is 16.2. The molecule has 1 saturated heterocycles. The highest BCUT2D eigenvalue weighted by atomic mass is 16.7. The molecule has 1 aliphatic heterocycles. The monoisotopic (exact) mass is 338 g/mol. The van der Waals surface area contributed by atoms with Crippen LogP contribution in [0.25, 0.3) is 11.1 Å². The zero-order chi connectivity index (χ0) is 17.8. The Morgan fingerprint density at radius 2 is 1.96 bits per heavy atom. The summed E-state index contributed by atoms with van der Waals surface area (Å²) in [5, 5.41) is 18.7. The molecule has 1 aliphatic rings. The van der Waals surface area contributed by atoms with Crippen LogP contribution in [-0.4, -0.2) is 31.1 Å². The van der Waals surface area contributed by atoms with E-state index in [1.807, 2.05) is 12.1 Å². The Kier molecular flexibility index (Phi) is 4.66. The second-order valence-corrected chi connectivity index (χ2v) is 5.23. The van der Waals surface area contributed by atoms with Crippen LogP contribution in [0.15, 0.2) is 29.1 Å². The molecule has 8 nitrogen and oxygen atoms in total. The van der Waals surface area contributed by atoms with Gasteiger partial charge in [-0.25, -0.2) is 0 Å². The third-order valence-electron chi connectivity index (χ3n) is 3.67. The molecule has 1 aromatic carbocycles. The van der Waals surface area contributed by atoms with Gasteiger partial charge in [-0.1, -0.05) is 12.1 Å². The number of hydrogen-bond acceptors (Lipinski definition) is 7. The highest BCUT2D eigenvalue weighted by molar-refractivity contribution is 5.80. The first-order valence-corrected chi connectivity index (χ1v) is 7.46. The number of nitrogens with zero attached hydrogens (tertiary/aromatic N) is 2. The van der Waals surface area contributed by atoms with Crippen LogP contribution >= 0.6 is 0 Å². The van der Waals surface area contributed by atoms with E-state index in [1.54, 1.807) is 24.3 Å². The normalized spacial score (nSPS) is 14.0. The van der Waals surface area contributed by atoms with Crippen LogP contribution in [0.5, 0.6) is 5.75 Å². The van der Waals surface area contributed by atoms with Crippen molar-refractivity contribution in [2.24, 2.45) is 0 Å². The summed E-state index contributed by atoms with van der Waals surface area (Å²) in [7, 11) is 0. The van der Waals surface area contributed by atoms with Crippen molar-refractivity contribution in [2.45, 2.75) is 6.29 Å². The zero-order valence-electron chi connectivity index (χ0n) is 13.1. The Hall–Kier alpha value is -3.33. The van der Waals surface area contributed by atoms with Crippen LogP contribution in [0.4, 0.5) is 5.82 Å². The van der Waals surface area contributed by atoms with Crippen molar-refractivity contribution in [1.29, 1.82) is 10.5 Å². The minimum Gasteiger partial charge on any atom is -0.488 e. The predicted octanol–water partition coefficient (Wildman–Crippen LogP) is 1.12. The number of pyridine rings is 1. The van der Waals surface area contributed by atoms with Gasteiger partial charge in [0.1, 0.15) is 41.4 Å². The minimum absolute atomic E-state index is 0.0377. The van der Waals surface area contributed by atoms with Crippen LogP contribution in [-0.2, 0) is 9.47 Å². The number of benzene rings is 1. The van der Waals surface area contributed by atoms with Gasteiger partial charge in [0.15, 0.2) is 6.29 Å². The topological polar surface area (TPSA) is 134 Å². The molecule has 25 heavy (non-hydrogen) atoms. The van der Waals surface area contributed by atoms with Gasteiger partial charge in [-0.2, -0.15) is 10.5 Å². The standard InChI is InChI=1S/C17H14N4O4/c18-7-12-15(13(8-19)17(22)21-16(12)20)10-2-1-3-11(6-10)25-9-14-23-4-5-24-14/h1-3,6,14H,4-5,9H2,(H3,20,21,22). The molecule has 0 atom stereocenters. The summed E-state index contributed by atoms with van der Waals surface area (Å²) in [6.45, 7) is 1.26. The van der Waals surface area contributed by atoms with E-state index in [0.29, 0.717) is 24.5 Å². The van der Waals surface area contributed by atoms with Crippen molar-refractivity contribution in [3.05, 3.63) is 45.7 Å². The van der Waals surface area contributed by atoms with Crippen LogP contribution < -0.4 is 16.0 Å². The minimum atomic E-state index is -0.645. The van der Waals surface area contributed by atoms with Gasteiger partial charge < -0.3 is 24.9 Å². The number of nitriles is 2. The van der Waals surface area contributed by atoms with Gasteiger partial charge >= 0.3 is 0 Å². The summed E-state index contributed by atoms with van der Waals surface area (Å²) in [5.41, 5.74) is 5.61. The molecule has 0 aliphatic carbocycles. The van der Waals surface area contributed by atoms with Crippen LogP contribution in [0.2, 0.25) is 0 Å². The Bertz CT molecular complexity index is 933. The molecule has 0 saturated carbocycles. The third kappa shape index (κ3) is 3.31. The average molecular weight is 338 g/mol. The second kappa shape index (κ2) is 7.05. The molecule has 3 N–H and O–H groups in total. The number of anilines is 1. The number of nitrogen functional groups attached to an aromatic ring is 1. The SMILES string of the molecule is N#Cc1c(N)[nH]c(=O)c(C#N)c1-c1cccc(OCC2OCCO2)c1. The zero-order valence-corrected chi connectivity index (χ0v) is 13.1. The molecule has 0 spiro atoms. The number of aromatic amines is 1. The maximum Gasteiger partial charge on any atom is 0.268 e. The molecule has 0 unspecified atom stereocenters. The van der Waals surface area contributed by atoms with Crippen molar-refractivity contribution in [2.75, 3.05) is 25.6 Å². The molecule has 1 fully saturated rings. The van der Waals surface area contributed by atoms with Crippen LogP contribution in [0, 0.1) is 22.7 Å². The lowest BCUT2D eigenvalue weighted by atomic mass is 9.96. The number of hydrogen-bond donors (Lipinski definition) is 2. The van der Waals surface area contributed by atoms with Crippen LogP contribution in [0.3, 0.4) is 0 Å². The fourth-order valence-electron chi connectivity index (χ4n) is 2.54. The van der Waals surface area contributed by atoms with Gasteiger partial charge in [-0.15, -0.1) is 0 Å². The molecule has 0 amide bonds. The Labute approximate surface area is 143 Å². The molecule has 1 aromatic heterocycles. The summed E-state index contributed by atoms with van der Waals surface area (Å²) in [4.78, 5) is 14.3. The van der Waals surface area contributed by atoms with E-state index in [9.17, 15) is 15.3 Å². The van der Waals surface area contributed by atoms with Gasteiger partial charge in [-0.05, 0) is 17.7 Å². The second-order valence-electron chi connectivity index (χ2n) is 5.23. The quantitative estimate of drug-likeness (QED) is 0.853. The van der Waals surface area contributed by atoms with Crippen LogP contribution in [0.1, 0.15) is 11.1 Å². The molecule has 2 heterocycles. The van der Waals surface area contributed by atoms with E-state index in [-0.39, 0.29) is 29.1 Å². The number of aromatic nitrogens is 1. The molecule has 126 valence electrons. The largest absolute Gasteiger partial charge is 0.488 e. The van der Waals surface area contributed by atoms with Gasteiger partial charge in [0.05, 0.1) is 13.2 Å². The highest BCUT2D eigenvalue weighted by Crippen LogP contribution is 2.30. The number of nitrogens with two attached hydrogens (primary N) is 1. The molecule has 0 radical (unpaired) electrons. The van der Waals surface area contributed by atoms with E-state index >= 15 is 0 Å². The maximum absolute atomic E-state index is 12.0. The van der Waals surface area contributed by atoms with E-state index in [2.05, 4.69) is 4.98 Å². The van der Waals surface area contributed by atoms with E-state index in [4.69, 9.17) is 19.9 Å².